The van der Waals surface area contributed by atoms with E-state index in [1.165, 1.54) is 43.6 Å². The van der Waals surface area contributed by atoms with E-state index in [9.17, 15) is 0 Å². The Hall–Kier alpha value is -0.860. The molecule has 3 heterocycles. The van der Waals surface area contributed by atoms with E-state index in [0.717, 1.165) is 11.8 Å². The number of fused-ring (bicyclic) bond motifs is 3. The highest BCUT2D eigenvalue weighted by Gasteiger charge is 2.34. The van der Waals surface area contributed by atoms with Crippen LogP contribution in [0.5, 0.6) is 0 Å². The molecule has 1 aromatic carbocycles. The van der Waals surface area contributed by atoms with Crippen LogP contribution in [0.25, 0.3) is 0 Å². The highest BCUT2D eigenvalue weighted by Crippen LogP contribution is 2.38. The first kappa shape index (κ1) is 11.2. The topological polar surface area (TPSA) is 29.3 Å². The molecule has 92 valence electrons. The number of rotatable bonds is 2. The van der Waals surface area contributed by atoms with E-state index < -0.39 is 0 Å². The molecule has 3 saturated heterocycles. The third kappa shape index (κ3) is 2.12. The Morgan fingerprint density at radius 3 is 2.29 bits per heavy atom. The Labute approximate surface area is 104 Å². The zero-order chi connectivity index (χ0) is 11.8. The van der Waals surface area contributed by atoms with Gasteiger partial charge in [0.1, 0.15) is 0 Å². The van der Waals surface area contributed by atoms with Gasteiger partial charge in [-0.25, -0.2) is 0 Å². The summed E-state index contributed by atoms with van der Waals surface area (Å²) in [7, 11) is 0. The Morgan fingerprint density at radius 2 is 1.82 bits per heavy atom. The van der Waals surface area contributed by atoms with Gasteiger partial charge in [0.15, 0.2) is 0 Å². The molecule has 0 spiro atoms. The van der Waals surface area contributed by atoms with E-state index in [1.807, 2.05) is 6.92 Å². The van der Waals surface area contributed by atoms with Gasteiger partial charge in [-0.15, -0.1) is 0 Å². The van der Waals surface area contributed by atoms with E-state index in [4.69, 9.17) is 5.73 Å². The average Bonchev–Trinajstić information content (AvgIpc) is 2.40. The molecule has 3 fully saturated rings. The monoisotopic (exact) mass is 230 g/mol. The van der Waals surface area contributed by atoms with Crippen LogP contribution in [0.1, 0.15) is 42.9 Å². The molecule has 2 bridgehead atoms. The Balaban J connectivity index is 1.80. The molecular weight excluding hydrogens is 208 g/mol. The van der Waals surface area contributed by atoms with Crippen molar-refractivity contribution >= 4 is 0 Å². The maximum absolute atomic E-state index is 5.89. The van der Waals surface area contributed by atoms with Crippen molar-refractivity contribution in [3.8, 4) is 0 Å². The number of hydrogen-bond acceptors (Lipinski definition) is 2. The summed E-state index contributed by atoms with van der Waals surface area (Å²) in [6.07, 6.45) is 2.78. The zero-order valence-electron chi connectivity index (χ0n) is 10.6. The lowest BCUT2D eigenvalue weighted by atomic mass is 9.75. The summed E-state index contributed by atoms with van der Waals surface area (Å²) >= 11 is 0. The fourth-order valence-corrected chi connectivity index (χ4v) is 3.39. The van der Waals surface area contributed by atoms with Crippen molar-refractivity contribution < 1.29 is 0 Å². The Bertz CT molecular complexity index is 374. The smallest absolute Gasteiger partial charge is 0.0266 e. The van der Waals surface area contributed by atoms with Crippen molar-refractivity contribution in [3.63, 3.8) is 0 Å². The maximum atomic E-state index is 5.89. The summed E-state index contributed by atoms with van der Waals surface area (Å²) in [5.74, 6) is 1.68. The summed E-state index contributed by atoms with van der Waals surface area (Å²) in [4.78, 5) is 2.62. The maximum Gasteiger partial charge on any atom is 0.0266 e. The van der Waals surface area contributed by atoms with Gasteiger partial charge in [0.2, 0.25) is 0 Å². The van der Waals surface area contributed by atoms with Crippen LogP contribution in [0.4, 0.5) is 0 Å². The lowest BCUT2D eigenvalue weighted by molar-refractivity contribution is 0.0871. The van der Waals surface area contributed by atoms with E-state index >= 15 is 0 Å². The minimum atomic E-state index is 0.149. The van der Waals surface area contributed by atoms with Gasteiger partial charge in [0.05, 0.1) is 0 Å². The lowest BCUT2D eigenvalue weighted by Gasteiger charge is -2.45. The number of piperidine rings is 3. The predicted octanol–water partition coefficient (Wildman–Crippen LogP) is 2.52. The third-order valence-corrected chi connectivity index (χ3v) is 4.55. The Kier molecular flexibility index (Phi) is 2.93. The van der Waals surface area contributed by atoms with E-state index in [-0.39, 0.29) is 6.04 Å². The second kappa shape index (κ2) is 4.43. The second-order valence-electron chi connectivity index (χ2n) is 5.70. The number of nitrogens with zero attached hydrogens (tertiary/aromatic N) is 1. The van der Waals surface area contributed by atoms with Crippen LogP contribution >= 0.6 is 0 Å². The van der Waals surface area contributed by atoms with Crippen molar-refractivity contribution in [2.75, 3.05) is 19.6 Å². The van der Waals surface area contributed by atoms with Gasteiger partial charge in [-0.05, 0) is 55.8 Å². The summed E-state index contributed by atoms with van der Waals surface area (Å²) in [5, 5.41) is 0. The van der Waals surface area contributed by atoms with Crippen LogP contribution in [0.15, 0.2) is 24.3 Å². The molecule has 4 rings (SSSR count). The van der Waals surface area contributed by atoms with Crippen LogP contribution in [0.3, 0.4) is 0 Å². The van der Waals surface area contributed by atoms with Crippen molar-refractivity contribution in [1.29, 1.82) is 0 Å². The molecule has 2 nitrogen and oxygen atoms in total. The molecule has 2 unspecified atom stereocenters. The molecular formula is C15H22N2. The molecule has 2 atom stereocenters. The van der Waals surface area contributed by atoms with Crippen molar-refractivity contribution in [2.45, 2.75) is 31.7 Å². The summed E-state index contributed by atoms with van der Waals surface area (Å²) < 4.78 is 0. The van der Waals surface area contributed by atoms with E-state index in [1.54, 1.807) is 0 Å². The molecule has 0 radical (unpaired) electrons. The SMILES string of the molecule is CC(N)c1ccc(C2CN3CCC2CC3)cc1. The number of nitrogens with two attached hydrogens (primary N) is 1. The zero-order valence-corrected chi connectivity index (χ0v) is 10.6. The molecule has 2 heteroatoms. The summed E-state index contributed by atoms with van der Waals surface area (Å²) in [5.41, 5.74) is 8.66. The lowest BCUT2D eigenvalue weighted by Crippen LogP contribution is -2.46. The van der Waals surface area contributed by atoms with Gasteiger partial charge < -0.3 is 10.6 Å². The van der Waals surface area contributed by atoms with Crippen molar-refractivity contribution in [2.24, 2.45) is 11.7 Å². The fourth-order valence-electron chi connectivity index (χ4n) is 3.39. The number of hydrogen-bond donors (Lipinski definition) is 1. The molecule has 0 amide bonds. The highest BCUT2D eigenvalue weighted by molar-refractivity contribution is 5.28. The fraction of sp³-hybridized carbons (Fsp3) is 0.600. The molecule has 3 aliphatic rings. The standard InChI is InChI=1S/C15H22N2/c1-11(16)12-2-4-13(5-3-12)15-10-17-8-6-14(15)7-9-17/h2-5,11,14-15H,6-10,16H2,1H3. The first-order chi connectivity index (χ1) is 8.24. The van der Waals surface area contributed by atoms with Crippen LogP contribution in [-0.4, -0.2) is 24.5 Å². The van der Waals surface area contributed by atoms with Crippen LogP contribution < -0.4 is 5.73 Å². The minimum Gasteiger partial charge on any atom is -0.324 e. The summed E-state index contributed by atoms with van der Waals surface area (Å²) in [6.45, 7) is 5.95. The largest absolute Gasteiger partial charge is 0.324 e. The van der Waals surface area contributed by atoms with Crippen molar-refractivity contribution in [1.82, 2.24) is 4.90 Å². The van der Waals surface area contributed by atoms with E-state index in [2.05, 4.69) is 29.2 Å². The summed E-state index contributed by atoms with van der Waals surface area (Å²) in [6, 6.07) is 9.15. The van der Waals surface area contributed by atoms with Crippen LogP contribution in [-0.2, 0) is 0 Å². The van der Waals surface area contributed by atoms with Crippen molar-refractivity contribution in [3.05, 3.63) is 35.4 Å². The first-order valence-corrected chi connectivity index (χ1v) is 6.82. The number of benzene rings is 1. The average molecular weight is 230 g/mol. The highest BCUT2D eigenvalue weighted by atomic mass is 15.1. The Morgan fingerprint density at radius 1 is 1.18 bits per heavy atom. The van der Waals surface area contributed by atoms with Crippen LogP contribution in [0.2, 0.25) is 0 Å². The first-order valence-electron chi connectivity index (χ1n) is 6.82. The molecule has 0 aromatic heterocycles. The predicted molar refractivity (Wildman–Crippen MR) is 70.9 cm³/mol. The van der Waals surface area contributed by atoms with Gasteiger partial charge in [0.25, 0.3) is 0 Å². The van der Waals surface area contributed by atoms with Gasteiger partial charge in [-0.3, -0.25) is 0 Å². The van der Waals surface area contributed by atoms with Gasteiger partial charge in [-0.1, -0.05) is 24.3 Å². The molecule has 17 heavy (non-hydrogen) atoms. The van der Waals surface area contributed by atoms with Gasteiger partial charge in [0, 0.05) is 12.6 Å². The molecule has 3 aliphatic heterocycles. The van der Waals surface area contributed by atoms with Gasteiger partial charge >= 0.3 is 0 Å². The van der Waals surface area contributed by atoms with Gasteiger partial charge in [-0.2, -0.15) is 0 Å². The van der Waals surface area contributed by atoms with Crippen LogP contribution in [0, 0.1) is 5.92 Å². The normalized spacial score (nSPS) is 33.6. The molecule has 0 saturated carbocycles. The van der Waals surface area contributed by atoms with E-state index in [0.29, 0.717) is 0 Å². The molecule has 0 aliphatic carbocycles. The third-order valence-electron chi connectivity index (χ3n) is 4.55. The molecule has 2 N–H and O–H groups in total. The quantitative estimate of drug-likeness (QED) is 0.846. The minimum absolute atomic E-state index is 0.149. The second-order valence-corrected chi connectivity index (χ2v) is 5.70. The molecule has 1 aromatic rings.